The van der Waals surface area contributed by atoms with Crippen molar-refractivity contribution in [2.75, 3.05) is 13.6 Å². The van der Waals surface area contributed by atoms with Crippen LogP contribution in [-0.4, -0.2) is 39.2 Å². The molecule has 2 aromatic heterocycles. The minimum absolute atomic E-state index is 0.213. The molecule has 26 heavy (non-hydrogen) atoms. The Morgan fingerprint density at radius 3 is 2.81 bits per heavy atom. The van der Waals surface area contributed by atoms with Crippen LogP contribution in [0.5, 0.6) is 0 Å². The smallest absolute Gasteiger partial charge is 0.338 e. The summed E-state index contributed by atoms with van der Waals surface area (Å²) in [5, 5.41) is 6.00. The number of amides is 1. The normalized spacial score (nSPS) is 11.5. The molecule has 136 valence electrons. The predicted octanol–water partition coefficient (Wildman–Crippen LogP) is 3.80. The fourth-order valence-electron chi connectivity index (χ4n) is 2.32. The van der Waals surface area contributed by atoms with Crippen LogP contribution in [0.3, 0.4) is 0 Å². The van der Waals surface area contributed by atoms with E-state index in [1.807, 2.05) is 0 Å². The van der Waals surface area contributed by atoms with Crippen molar-refractivity contribution in [1.29, 1.82) is 0 Å². The van der Waals surface area contributed by atoms with Crippen molar-refractivity contribution in [1.82, 2.24) is 19.7 Å². The molecule has 0 N–H and O–H groups in total. The summed E-state index contributed by atoms with van der Waals surface area (Å²) in [6.07, 6.45) is -0.963. The van der Waals surface area contributed by atoms with Crippen LogP contribution in [0.2, 0.25) is 0 Å². The number of hydrogen-bond acceptors (Lipinski definition) is 4. The highest BCUT2D eigenvalue weighted by atomic mass is 32.1. The van der Waals surface area contributed by atoms with Gasteiger partial charge in [-0.25, -0.2) is 4.98 Å². The lowest BCUT2D eigenvalue weighted by Crippen LogP contribution is -2.30. The standard InChI is InChI=1S/C17H15F3N4OS/c1-23(8-9-24-7-3-6-21-24)16(25)14-11-26-15(22-14)12-4-2-5-13(10-12)17(18,19)20/h2-7,10-11H,8-9H2,1H3. The lowest BCUT2D eigenvalue weighted by atomic mass is 10.1. The first-order valence-electron chi connectivity index (χ1n) is 7.70. The van der Waals surface area contributed by atoms with E-state index in [2.05, 4.69) is 10.1 Å². The Hall–Kier alpha value is -2.68. The van der Waals surface area contributed by atoms with Gasteiger partial charge in [0.1, 0.15) is 10.7 Å². The molecule has 0 spiro atoms. The van der Waals surface area contributed by atoms with E-state index in [4.69, 9.17) is 0 Å². The zero-order chi connectivity index (χ0) is 18.7. The Kier molecular flexibility index (Phi) is 5.08. The van der Waals surface area contributed by atoms with Gasteiger partial charge in [-0.15, -0.1) is 11.3 Å². The average molecular weight is 380 g/mol. The molecule has 3 aromatic rings. The number of carbonyl (C=O) groups is 1. The second-order valence-electron chi connectivity index (χ2n) is 5.61. The lowest BCUT2D eigenvalue weighted by molar-refractivity contribution is -0.137. The average Bonchev–Trinajstić information content (AvgIpc) is 3.30. The van der Waals surface area contributed by atoms with Gasteiger partial charge in [0, 0.05) is 36.9 Å². The molecular formula is C17H15F3N4OS. The van der Waals surface area contributed by atoms with Gasteiger partial charge in [0.25, 0.3) is 5.91 Å². The number of carbonyl (C=O) groups excluding carboxylic acids is 1. The fraction of sp³-hybridized carbons (Fsp3) is 0.235. The first-order chi connectivity index (χ1) is 12.3. The molecule has 0 bridgehead atoms. The van der Waals surface area contributed by atoms with Gasteiger partial charge in [0.2, 0.25) is 0 Å². The van der Waals surface area contributed by atoms with Crippen LogP contribution in [-0.2, 0) is 12.7 Å². The predicted molar refractivity (Wildman–Crippen MR) is 91.7 cm³/mol. The molecule has 0 fully saturated rings. The molecule has 0 unspecified atom stereocenters. The molecule has 9 heteroatoms. The molecule has 1 amide bonds. The first-order valence-corrected chi connectivity index (χ1v) is 8.58. The van der Waals surface area contributed by atoms with E-state index in [1.165, 1.54) is 11.0 Å². The minimum Gasteiger partial charge on any atom is -0.338 e. The van der Waals surface area contributed by atoms with Crippen LogP contribution in [0, 0.1) is 0 Å². The van der Waals surface area contributed by atoms with Crippen molar-refractivity contribution in [3.63, 3.8) is 0 Å². The Morgan fingerprint density at radius 1 is 1.31 bits per heavy atom. The number of hydrogen-bond donors (Lipinski definition) is 0. The van der Waals surface area contributed by atoms with Crippen molar-refractivity contribution < 1.29 is 18.0 Å². The Morgan fingerprint density at radius 2 is 2.12 bits per heavy atom. The molecule has 0 atom stereocenters. The lowest BCUT2D eigenvalue weighted by Gasteiger charge is -2.15. The topological polar surface area (TPSA) is 51.0 Å². The van der Waals surface area contributed by atoms with Crippen LogP contribution in [0.15, 0.2) is 48.1 Å². The molecule has 0 radical (unpaired) electrons. The second-order valence-corrected chi connectivity index (χ2v) is 6.47. The monoisotopic (exact) mass is 380 g/mol. The first kappa shape index (κ1) is 18.1. The molecule has 3 rings (SSSR count). The number of benzene rings is 1. The maximum Gasteiger partial charge on any atom is 0.416 e. The zero-order valence-corrected chi connectivity index (χ0v) is 14.6. The van der Waals surface area contributed by atoms with Crippen LogP contribution in [0.25, 0.3) is 10.6 Å². The number of likely N-dealkylation sites (N-methyl/N-ethyl adjacent to an activating group) is 1. The number of nitrogens with zero attached hydrogens (tertiary/aromatic N) is 4. The highest BCUT2D eigenvalue weighted by molar-refractivity contribution is 7.13. The van der Waals surface area contributed by atoms with Gasteiger partial charge in [0.05, 0.1) is 12.1 Å². The fourth-order valence-corrected chi connectivity index (χ4v) is 3.11. The van der Waals surface area contributed by atoms with Gasteiger partial charge in [-0.3, -0.25) is 9.48 Å². The van der Waals surface area contributed by atoms with Gasteiger partial charge in [-0.05, 0) is 18.2 Å². The molecule has 2 heterocycles. The van der Waals surface area contributed by atoms with E-state index >= 15 is 0 Å². The Labute approximate surface area is 151 Å². The summed E-state index contributed by atoms with van der Waals surface area (Å²) >= 11 is 1.14. The molecular weight excluding hydrogens is 365 g/mol. The van der Waals surface area contributed by atoms with Crippen LogP contribution in [0.1, 0.15) is 16.1 Å². The summed E-state index contributed by atoms with van der Waals surface area (Å²) in [6, 6.07) is 6.71. The van der Waals surface area contributed by atoms with Crippen LogP contribution >= 0.6 is 11.3 Å². The van der Waals surface area contributed by atoms with Gasteiger partial charge in [-0.2, -0.15) is 18.3 Å². The summed E-state index contributed by atoms with van der Waals surface area (Å²) in [6.45, 7) is 0.983. The highest BCUT2D eigenvalue weighted by Gasteiger charge is 2.30. The quantitative estimate of drug-likeness (QED) is 0.677. The SMILES string of the molecule is CN(CCn1cccn1)C(=O)c1csc(-c2cccc(C(F)(F)F)c2)n1. The summed E-state index contributed by atoms with van der Waals surface area (Å²) in [5.74, 6) is -0.286. The largest absolute Gasteiger partial charge is 0.416 e. The molecule has 0 aliphatic rings. The molecule has 1 aromatic carbocycles. The number of alkyl halides is 3. The Bertz CT molecular complexity index is 890. The molecule has 0 aliphatic carbocycles. The van der Waals surface area contributed by atoms with E-state index in [0.29, 0.717) is 23.7 Å². The van der Waals surface area contributed by atoms with Gasteiger partial charge in [0.15, 0.2) is 0 Å². The second kappa shape index (κ2) is 7.28. The highest BCUT2D eigenvalue weighted by Crippen LogP contribution is 2.33. The third kappa shape index (κ3) is 4.10. The van der Waals surface area contributed by atoms with Crippen LogP contribution in [0.4, 0.5) is 13.2 Å². The van der Waals surface area contributed by atoms with E-state index < -0.39 is 11.7 Å². The van der Waals surface area contributed by atoms with Crippen LogP contribution < -0.4 is 0 Å². The summed E-state index contributed by atoms with van der Waals surface area (Å²) in [5.41, 5.74) is -0.192. The van der Waals surface area contributed by atoms with E-state index in [-0.39, 0.29) is 11.6 Å². The third-order valence-electron chi connectivity index (χ3n) is 3.73. The van der Waals surface area contributed by atoms with Gasteiger partial charge in [-0.1, -0.05) is 12.1 Å². The van der Waals surface area contributed by atoms with Gasteiger partial charge >= 0.3 is 6.18 Å². The molecule has 0 saturated carbocycles. The van der Waals surface area contributed by atoms with Crippen molar-refractivity contribution in [2.45, 2.75) is 12.7 Å². The maximum absolute atomic E-state index is 12.8. The minimum atomic E-state index is -4.42. The van der Waals surface area contributed by atoms with E-state index in [9.17, 15) is 18.0 Å². The van der Waals surface area contributed by atoms with E-state index in [0.717, 1.165) is 23.5 Å². The third-order valence-corrected chi connectivity index (χ3v) is 4.62. The van der Waals surface area contributed by atoms with Crippen molar-refractivity contribution >= 4 is 17.2 Å². The number of halogens is 3. The van der Waals surface area contributed by atoms with E-state index in [1.54, 1.807) is 41.6 Å². The Balaban J connectivity index is 1.72. The molecule has 0 saturated heterocycles. The van der Waals surface area contributed by atoms with Crippen molar-refractivity contribution in [2.24, 2.45) is 0 Å². The summed E-state index contributed by atoms with van der Waals surface area (Å²) in [4.78, 5) is 18.1. The van der Waals surface area contributed by atoms with Gasteiger partial charge < -0.3 is 4.90 Å². The maximum atomic E-state index is 12.8. The molecule has 5 nitrogen and oxygen atoms in total. The summed E-state index contributed by atoms with van der Waals surface area (Å²) in [7, 11) is 1.65. The van der Waals surface area contributed by atoms with Crippen molar-refractivity contribution in [3.05, 3.63) is 59.4 Å². The zero-order valence-electron chi connectivity index (χ0n) is 13.8. The molecule has 0 aliphatic heterocycles. The summed E-state index contributed by atoms with van der Waals surface area (Å²) < 4.78 is 40.2. The number of aromatic nitrogens is 3. The number of thiazole rings is 1. The number of rotatable bonds is 5. The van der Waals surface area contributed by atoms with Crippen molar-refractivity contribution in [3.8, 4) is 10.6 Å².